The van der Waals surface area contributed by atoms with Crippen LogP contribution in [-0.2, 0) is 4.79 Å². The van der Waals surface area contributed by atoms with Crippen molar-refractivity contribution < 1.29 is 42.1 Å². The number of halogens is 4. The van der Waals surface area contributed by atoms with Crippen molar-refractivity contribution in [3.05, 3.63) is 33.9 Å². The van der Waals surface area contributed by atoms with Crippen LogP contribution in [0.3, 0.4) is 0 Å². The number of piperazine rings is 1. The Bertz CT molecular complexity index is 1160. The van der Waals surface area contributed by atoms with Gasteiger partial charge in [-0.15, -0.1) is 0 Å². The number of pyridine rings is 1. The molecule has 3 heterocycles. The third kappa shape index (κ3) is 4.71. The highest BCUT2D eigenvalue weighted by molar-refractivity contribution is 5.97. The van der Waals surface area contributed by atoms with Crippen LogP contribution in [0.1, 0.15) is 23.3 Å². The molecule has 0 spiro atoms. The predicted octanol–water partition coefficient (Wildman–Crippen LogP) is 1.42. The monoisotopic (exact) mass is 476 g/mol. The molecule has 180 valence electrons. The zero-order chi connectivity index (χ0) is 24.7. The molecule has 2 aromatic rings. The maximum absolute atomic E-state index is 15.0. The molecule has 1 saturated heterocycles. The third-order valence-electron chi connectivity index (χ3n) is 5.25. The summed E-state index contributed by atoms with van der Waals surface area (Å²) in [6.07, 6.45) is -3.76. The van der Waals surface area contributed by atoms with E-state index in [0.29, 0.717) is 37.4 Å². The molecule has 4 N–H and O–H groups in total. The van der Waals surface area contributed by atoms with Gasteiger partial charge in [0.25, 0.3) is 0 Å². The van der Waals surface area contributed by atoms with Gasteiger partial charge in [-0.25, -0.2) is 19.0 Å². The number of carboxylic acid groups (broad SMARTS) is 2. The Labute approximate surface area is 183 Å². The van der Waals surface area contributed by atoms with E-state index in [1.54, 1.807) is 9.58 Å². The number of aliphatic carboxylic acids is 1. The van der Waals surface area contributed by atoms with Crippen LogP contribution < -0.4 is 20.9 Å². The van der Waals surface area contributed by atoms with Gasteiger partial charge in [0.2, 0.25) is 5.43 Å². The maximum atomic E-state index is 15.0. The van der Waals surface area contributed by atoms with Gasteiger partial charge in [0, 0.05) is 32.4 Å². The summed E-state index contributed by atoms with van der Waals surface area (Å²) in [5.41, 5.74) is -0.347. The van der Waals surface area contributed by atoms with E-state index in [0.717, 1.165) is 6.07 Å². The Balaban J connectivity index is 0.000000383. The van der Waals surface area contributed by atoms with Gasteiger partial charge < -0.3 is 24.4 Å². The molecule has 1 aromatic carbocycles. The number of nitrogens with zero attached hydrogens (tertiary/aromatic N) is 3. The van der Waals surface area contributed by atoms with Gasteiger partial charge in [0.15, 0.2) is 11.6 Å². The summed E-state index contributed by atoms with van der Waals surface area (Å²) < 4.78 is 54.2. The minimum absolute atomic E-state index is 0.0187. The van der Waals surface area contributed by atoms with E-state index in [-0.39, 0.29) is 29.3 Å². The fourth-order valence-corrected chi connectivity index (χ4v) is 3.60. The molecule has 1 atom stereocenters. The quantitative estimate of drug-likeness (QED) is 0.434. The maximum Gasteiger partial charge on any atom is 0.490 e. The van der Waals surface area contributed by atoms with E-state index in [4.69, 9.17) is 20.5 Å². The van der Waals surface area contributed by atoms with Crippen LogP contribution in [0.15, 0.2) is 17.1 Å². The van der Waals surface area contributed by atoms with Crippen molar-refractivity contribution in [2.45, 2.75) is 19.1 Å². The third-order valence-corrected chi connectivity index (χ3v) is 5.25. The van der Waals surface area contributed by atoms with Gasteiger partial charge in [-0.2, -0.15) is 13.2 Å². The summed E-state index contributed by atoms with van der Waals surface area (Å²) in [7, 11) is 0. The molecule has 10 nitrogen and oxygen atoms in total. The Morgan fingerprint density at radius 1 is 1.18 bits per heavy atom. The number of carboxylic acids is 2. The molecule has 4 rings (SSSR count). The average molecular weight is 476 g/mol. The lowest BCUT2D eigenvalue weighted by atomic mass is 10.1. The predicted molar refractivity (Wildman–Crippen MR) is 107 cm³/mol. The number of aromatic carboxylic acids is 1. The van der Waals surface area contributed by atoms with Crippen LogP contribution >= 0.6 is 0 Å². The molecular formula is C19H20F4N4O6. The number of alkyl halides is 3. The molecule has 1 fully saturated rings. The fourth-order valence-electron chi connectivity index (χ4n) is 3.60. The van der Waals surface area contributed by atoms with Crippen molar-refractivity contribution in [2.75, 3.05) is 37.7 Å². The van der Waals surface area contributed by atoms with Gasteiger partial charge in [-0.05, 0) is 13.0 Å². The standard InChI is InChI=1S/C17H19FN4O4.C2HF3O2/c1-9-8-26-16-13-10(15(23)11(17(24)25)7-22(9)13)6-12(18)14(16)20-2-4-21(19)5-3-20;3-2(4,5)1(6)7/h6-7,9H,2-5,8,19H2,1H3,(H,24,25);(H,6,7)/t9-;/m0./s1. The summed E-state index contributed by atoms with van der Waals surface area (Å²) in [6, 6.07) is 0.943. The van der Waals surface area contributed by atoms with E-state index in [2.05, 4.69) is 0 Å². The summed E-state index contributed by atoms with van der Waals surface area (Å²) in [5.74, 6) is 1.38. The number of aromatic nitrogens is 1. The van der Waals surface area contributed by atoms with Crippen molar-refractivity contribution in [3.8, 4) is 5.75 Å². The van der Waals surface area contributed by atoms with Crippen molar-refractivity contribution in [3.63, 3.8) is 0 Å². The van der Waals surface area contributed by atoms with Gasteiger partial charge in [0.05, 0.1) is 16.9 Å². The molecule has 0 unspecified atom stereocenters. The van der Waals surface area contributed by atoms with Crippen LogP contribution in [0.4, 0.5) is 23.2 Å². The minimum Gasteiger partial charge on any atom is -0.487 e. The molecule has 0 radical (unpaired) electrons. The van der Waals surface area contributed by atoms with Crippen LogP contribution in [0, 0.1) is 5.82 Å². The topological polar surface area (TPSA) is 138 Å². The number of hydrogen-bond acceptors (Lipinski definition) is 7. The molecule has 0 bridgehead atoms. The van der Waals surface area contributed by atoms with Gasteiger partial charge in [-0.3, -0.25) is 10.6 Å². The highest BCUT2D eigenvalue weighted by Crippen LogP contribution is 2.42. The minimum atomic E-state index is -5.08. The number of anilines is 1. The Morgan fingerprint density at radius 2 is 1.76 bits per heavy atom. The van der Waals surface area contributed by atoms with Gasteiger partial charge >= 0.3 is 18.1 Å². The van der Waals surface area contributed by atoms with E-state index in [1.165, 1.54) is 6.20 Å². The summed E-state index contributed by atoms with van der Waals surface area (Å²) in [4.78, 5) is 34.7. The largest absolute Gasteiger partial charge is 0.490 e. The highest BCUT2D eigenvalue weighted by atomic mass is 19.4. The molecular weight excluding hydrogens is 456 g/mol. The number of benzene rings is 1. The lowest BCUT2D eigenvalue weighted by Crippen LogP contribution is -2.49. The summed E-state index contributed by atoms with van der Waals surface area (Å²) >= 11 is 0. The first-order valence-electron chi connectivity index (χ1n) is 9.65. The van der Waals surface area contributed by atoms with Gasteiger partial charge in [-0.1, -0.05) is 0 Å². The first-order chi connectivity index (χ1) is 15.3. The van der Waals surface area contributed by atoms with Gasteiger partial charge in [0.1, 0.15) is 17.9 Å². The number of nitrogens with two attached hydrogens (primary N) is 1. The van der Waals surface area contributed by atoms with E-state index in [1.807, 2.05) is 11.8 Å². The van der Waals surface area contributed by atoms with Crippen molar-refractivity contribution >= 4 is 28.5 Å². The Morgan fingerprint density at radius 3 is 2.27 bits per heavy atom. The molecule has 0 saturated carbocycles. The molecule has 2 aliphatic heterocycles. The van der Waals surface area contributed by atoms with Crippen LogP contribution in [0.25, 0.3) is 10.9 Å². The van der Waals surface area contributed by atoms with Crippen LogP contribution in [0.2, 0.25) is 0 Å². The zero-order valence-electron chi connectivity index (χ0n) is 17.2. The normalized spacial score (nSPS) is 18.4. The molecule has 14 heteroatoms. The van der Waals surface area contributed by atoms with E-state index >= 15 is 0 Å². The number of rotatable bonds is 2. The second kappa shape index (κ2) is 8.86. The van der Waals surface area contributed by atoms with Crippen molar-refractivity contribution in [2.24, 2.45) is 5.84 Å². The molecule has 33 heavy (non-hydrogen) atoms. The summed E-state index contributed by atoms with van der Waals surface area (Å²) in [6.45, 7) is 4.34. The zero-order valence-corrected chi connectivity index (χ0v) is 17.2. The number of carbonyl (C=O) groups is 2. The first kappa shape index (κ1) is 24.3. The van der Waals surface area contributed by atoms with E-state index < -0.39 is 29.4 Å². The summed E-state index contributed by atoms with van der Waals surface area (Å²) in [5, 5.41) is 18.1. The van der Waals surface area contributed by atoms with Crippen molar-refractivity contribution in [1.29, 1.82) is 0 Å². The molecule has 0 aliphatic carbocycles. The highest BCUT2D eigenvalue weighted by Gasteiger charge is 2.38. The number of hydrazine groups is 1. The number of hydrogen-bond donors (Lipinski definition) is 3. The lowest BCUT2D eigenvalue weighted by molar-refractivity contribution is -0.192. The molecule has 2 aliphatic rings. The second-order valence-electron chi connectivity index (χ2n) is 7.50. The van der Waals surface area contributed by atoms with Crippen molar-refractivity contribution in [1.82, 2.24) is 9.58 Å². The smallest absolute Gasteiger partial charge is 0.487 e. The second-order valence-corrected chi connectivity index (χ2v) is 7.50. The SMILES string of the molecule is C[C@H]1COc2c(N3CCN(N)CC3)c(F)cc3c(=O)c(C(=O)O)cn1c23.O=C(O)C(F)(F)F. The Kier molecular flexibility index (Phi) is 6.51. The van der Waals surface area contributed by atoms with Crippen LogP contribution in [-0.4, -0.2) is 70.7 Å². The Hall–Kier alpha value is -3.39. The lowest BCUT2D eigenvalue weighted by Gasteiger charge is -2.36. The molecule has 1 aromatic heterocycles. The fraction of sp³-hybridized carbons (Fsp3) is 0.421. The van der Waals surface area contributed by atoms with Crippen LogP contribution in [0.5, 0.6) is 5.75 Å². The first-order valence-corrected chi connectivity index (χ1v) is 9.65. The molecule has 0 amide bonds. The van der Waals surface area contributed by atoms with E-state index in [9.17, 15) is 32.3 Å². The average Bonchev–Trinajstić information content (AvgIpc) is 2.72. The number of ether oxygens (including phenoxy) is 1.